The van der Waals surface area contributed by atoms with E-state index in [1.807, 2.05) is 35.9 Å². The van der Waals surface area contributed by atoms with E-state index in [4.69, 9.17) is 4.42 Å². The van der Waals surface area contributed by atoms with E-state index in [1.165, 1.54) is 12.3 Å². The Morgan fingerprint density at radius 3 is 2.58 bits per heavy atom. The van der Waals surface area contributed by atoms with Crippen molar-refractivity contribution in [1.82, 2.24) is 4.57 Å². The molecule has 0 N–H and O–H groups in total. The van der Waals surface area contributed by atoms with Gasteiger partial charge in [-0.1, -0.05) is 18.2 Å². The number of furan rings is 1. The standard InChI is InChI=1S/C15H11F2NO/c1-18-9-11(10-5-2-3-6-12(10)18)14(15(16)17)13-7-4-8-19-13/h2-9H,1H3. The van der Waals surface area contributed by atoms with E-state index < -0.39 is 6.08 Å². The summed E-state index contributed by atoms with van der Waals surface area (Å²) in [6, 6.07) is 10.6. The number of para-hydroxylation sites is 1. The van der Waals surface area contributed by atoms with Crippen LogP contribution >= 0.6 is 0 Å². The van der Waals surface area contributed by atoms with Crippen LogP contribution in [0.2, 0.25) is 0 Å². The van der Waals surface area contributed by atoms with E-state index in [1.54, 1.807) is 12.3 Å². The molecule has 1 aromatic carbocycles. The molecule has 0 radical (unpaired) electrons. The third-order valence-electron chi connectivity index (χ3n) is 3.12. The summed E-state index contributed by atoms with van der Waals surface area (Å²) in [5, 5.41) is 0.782. The highest BCUT2D eigenvalue weighted by Gasteiger charge is 2.19. The Kier molecular flexibility index (Phi) is 2.71. The number of rotatable bonds is 2. The maximum Gasteiger partial charge on any atom is 0.281 e. The van der Waals surface area contributed by atoms with Gasteiger partial charge in [0.25, 0.3) is 6.08 Å². The van der Waals surface area contributed by atoms with Gasteiger partial charge in [0.2, 0.25) is 0 Å². The van der Waals surface area contributed by atoms with E-state index in [2.05, 4.69) is 0 Å². The molecule has 2 heterocycles. The van der Waals surface area contributed by atoms with Crippen LogP contribution in [0.15, 0.2) is 59.4 Å². The predicted molar refractivity (Wildman–Crippen MR) is 69.9 cm³/mol. The zero-order valence-electron chi connectivity index (χ0n) is 10.2. The van der Waals surface area contributed by atoms with Crippen LogP contribution in [-0.2, 0) is 7.05 Å². The second-order valence-electron chi connectivity index (χ2n) is 4.28. The Hall–Kier alpha value is -2.36. The lowest BCUT2D eigenvalue weighted by Crippen LogP contribution is -1.86. The van der Waals surface area contributed by atoms with Crippen molar-refractivity contribution in [2.45, 2.75) is 0 Å². The average molecular weight is 259 g/mol. The fraction of sp³-hybridized carbons (Fsp3) is 0.0667. The third-order valence-corrected chi connectivity index (χ3v) is 3.12. The first-order chi connectivity index (χ1) is 9.18. The van der Waals surface area contributed by atoms with E-state index in [9.17, 15) is 8.78 Å². The smallest absolute Gasteiger partial charge is 0.281 e. The molecule has 0 aliphatic rings. The molecule has 0 atom stereocenters. The molecule has 2 aromatic heterocycles. The molecule has 0 amide bonds. The quantitative estimate of drug-likeness (QED) is 0.666. The maximum absolute atomic E-state index is 13.3. The van der Waals surface area contributed by atoms with Gasteiger partial charge in [0.05, 0.1) is 11.8 Å². The molecule has 0 saturated heterocycles. The van der Waals surface area contributed by atoms with Crippen molar-refractivity contribution < 1.29 is 13.2 Å². The van der Waals surface area contributed by atoms with E-state index in [0.717, 1.165) is 10.9 Å². The van der Waals surface area contributed by atoms with Gasteiger partial charge in [-0.15, -0.1) is 0 Å². The van der Waals surface area contributed by atoms with Crippen LogP contribution in [-0.4, -0.2) is 4.57 Å². The molecule has 0 unspecified atom stereocenters. The Labute approximate surface area is 108 Å². The fourth-order valence-corrected chi connectivity index (χ4v) is 2.29. The van der Waals surface area contributed by atoms with Gasteiger partial charge in [0.15, 0.2) is 0 Å². The van der Waals surface area contributed by atoms with Gasteiger partial charge in [-0.25, -0.2) is 0 Å². The van der Waals surface area contributed by atoms with Crippen molar-refractivity contribution in [3.05, 3.63) is 66.3 Å². The van der Waals surface area contributed by atoms with Crippen LogP contribution in [0.3, 0.4) is 0 Å². The largest absolute Gasteiger partial charge is 0.464 e. The number of fused-ring (bicyclic) bond motifs is 1. The highest BCUT2D eigenvalue weighted by molar-refractivity contribution is 5.96. The number of hydrogen-bond donors (Lipinski definition) is 0. The normalized spacial score (nSPS) is 10.9. The van der Waals surface area contributed by atoms with Gasteiger partial charge in [0.1, 0.15) is 5.76 Å². The minimum absolute atomic E-state index is 0.151. The molecule has 0 saturated carbocycles. The Morgan fingerprint density at radius 2 is 1.89 bits per heavy atom. The van der Waals surface area contributed by atoms with Crippen molar-refractivity contribution in [3.8, 4) is 0 Å². The van der Waals surface area contributed by atoms with Crippen LogP contribution in [0.25, 0.3) is 16.5 Å². The first kappa shape index (κ1) is 11.7. The second-order valence-corrected chi connectivity index (χ2v) is 4.28. The Balaban J connectivity index is 2.32. The predicted octanol–water partition coefficient (Wildman–Crippen LogP) is 4.43. The molecule has 19 heavy (non-hydrogen) atoms. The summed E-state index contributed by atoms with van der Waals surface area (Å²) in [6.45, 7) is 0. The molecule has 0 spiro atoms. The molecule has 0 aliphatic carbocycles. The number of nitrogens with zero attached hydrogens (tertiary/aromatic N) is 1. The number of halogens is 2. The zero-order valence-corrected chi connectivity index (χ0v) is 10.2. The molecule has 3 aromatic rings. The van der Waals surface area contributed by atoms with Crippen LogP contribution in [0.1, 0.15) is 11.3 Å². The van der Waals surface area contributed by atoms with E-state index in [-0.39, 0.29) is 11.3 Å². The van der Waals surface area contributed by atoms with Crippen LogP contribution in [0.5, 0.6) is 0 Å². The van der Waals surface area contributed by atoms with Gasteiger partial charge >= 0.3 is 0 Å². The molecular formula is C15H11F2NO. The van der Waals surface area contributed by atoms with E-state index in [0.29, 0.717) is 5.56 Å². The van der Waals surface area contributed by atoms with Crippen molar-refractivity contribution in [1.29, 1.82) is 0 Å². The molecule has 0 fully saturated rings. The van der Waals surface area contributed by atoms with Gasteiger partial charge in [-0.2, -0.15) is 8.78 Å². The highest BCUT2D eigenvalue weighted by atomic mass is 19.3. The first-order valence-electron chi connectivity index (χ1n) is 5.82. The molecule has 3 rings (SSSR count). The average Bonchev–Trinajstić information content (AvgIpc) is 3.00. The van der Waals surface area contributed by atoms with E-state index >= 15 is 0 Å². The first-order valence-corrected chi connectivity index (χ1v) is 5.82. The summed E-state index contributed by atoms with van der Waals surface area (Å²) in [5.74, 6) is 0.177. The summed E-state index contributed by atoms with van der Waals surface area (Å²) in [7, 11) is 1.84. The topological polar surface area (TPSA) is 18.1 Å². The number of benzene rings is 1. The SMILES string of the molecule is Cn1cc(C(=C(F)F)c2ccco2)c2ccccc21. The number of aromatic nitrogens is 1. The third kappa shape index (κ3) is 1.85. The van der Waals surface area contributed by atoms with Crippen LogP contribution < -0.4 is 0 Å². The van der Waals surface area contributed by atoms with Gasteiger partial charge < -0.3 is 8.98 Å². The maximum atomic E-state index is 13.3. The highest BCUT2D eigenvalue weighted by Crippen LogP contribution is 2.34. The van der Waals surface area contributed by atoms with Crippen LogP contribution in [0.4, 0.5) is 8.78 Å². The number of hydrogen-bond acceptors (Lipinski definition) is 1. The lowest BCUT2D eigenvalue weighted by atomic mass is 10.0. The molecule has 0 aliphatic heterocycles. The monoisotopic (exact) mass is 259 g/mol. The summed E-state index contributed by atoms with van der Waals surface area (Å²) < 4.78 is 33.5. The lowest BCUT2D eigenvalue weighted by Gasteiger charge is -2.01. The second kappa shape index (κ2) is 4.39. The Bertz CT molecular complexity index is 750. The number of aryl methyl sites for hydroxylation is 1. The fourth-order valence-electron chi connectivity index (χ4n) is 2.29. The van der Waals surface area contributed by atoms with Gasteiger partial charge in [-0.05, 0) is 18.2 Å². The minimum atomic E-state index is -1.74. The molecular weight excluding hydrogens is 248 g/mol. The zero-order chi connectivity index (χ0) is 13.4. The molecule has 0 bridgehead atoms. The van der Waals surface area contributed by atoms with Gasteiger partial charge in [0, 0.05) is 29.7 Å². The minimum Gasteiger partial charge on any atom is -0.464 e. The molecule has 96 valence electrons. The Morgan fingerprint density at radius 1 is 1.11 bits per heavy atom. The summed E-state index contributed by atoms with van der Waals surface area (Å²) in [5.41, 5.74) is 1.23. The van der Waals surface area contributed by atoms with Crippen molar-refractivity contribution in [3.63, 3.8) is 0 Å². The van der Waals surface area contributed by atoms with Crippen molar-refractivity contribution >= 4 is 16.5 Å². The summed E-state index contributed by atoms with van der Waals surface area (Å²) >= 11 is 0. The van der Waals surface area contributed by atoms with Crippen molar-refractivity contribution in [2.24, 2.45) is 7.05 Å². The summed E-state index contributed by atoms with van der Waals surface area (Å²) in [6.07, 6.45) is 1.34. The molecule has 4 heteroatoms. The lowest BCUT2D eigenvalue weighted by molar-refractivity contribution is 0.422. The van der Waals surface area contributed by atoms with Gasteiger partial charge in [-0.3, -0.25) is 0 Å². The summed E-state index contributed by atoms with van der Waals surface area (Å²) in [4.78, 5) is 0. The van der Waals surface area contributed by atoms with Crippen molar-refractivity contribution in [2.75, 3.05) is 0 Å². The van der Waals surface area contributed by atoms with Crippen LogP contribution in [0, 0.1) is 0 Å². The molecule has 2 nitrogen and oxygen atoms in total.